The molecule has 2 aromatic carbocycles. The van der Waals surface area contributed by atoms with E-state index in [0.717, 1.165) is 0 Å². The summed E-state index contributed by atoms with van der Waals surface area (Å²) in [7, 11) is 3.06. The third kappa shape index (κ3) is 4.23. The van der Waals surface area contributed by atoms with E-state index in [2.05, 4.69) is 0 Å². The highest BCUT2D eigenvalue weighted by Gasteiger charge is 2.18. The number of rotatable bonds is 5. The number of likely N-dealkylation sites (N-methyl/N-ethyl adjacent to an activating group) is 1. The van der Waals surface area contributed by atoms with Crippen molar-refractivity contribution in [1.82, 2.24) is 0 Å². The van der Waals surface area contributed by atoms with Crippen LogP contribution in [0.2, 0.25) is 5.02 Å². The molecule has 120 valence electrons. The van der Waals surface area contributed by atoms with E-state index in [-0.39, 0.29) is 18.1 Å². The number of ether oxygens (including phenoxy) is 2. The fourth-order valence-corrected chi connectivity index (χ4v) is 2.11. The smallest absolute Gasteiger partial charge is 0.342 e. The fraction of sp³-hybridized carbons (Fsp3) is 0.176. The van der Waals surface area contributed by atoms with Crippen LogP contribution in [0.5, 0.6) is 5.75 Å². The van der Waals surface area contributed by atoms with E-state index in [0.29, 0.717) is 16.5 Å². The van der Waals surface area contributed by atoms with Crippen LogP contribution in [0.3, 0.4) is 0 Å². The Morgan fingerprint density at radius 3 is 2.48 bits per heavy atom. The van der Waals surface area contributed by atoms with Crippen LogP contribution in [0.25, 0.3) is 0 Å². The zero-order valence-electron chi connectivity index (χ0n) is 12.8. The first-order valence-electron chi connectivity index (χ1n) is 6.85. The summed E-state index contributed by atoms with van der Waals surface area (Å²) in [6, 6.07) is 13.7. The van der Waals surface area contributed by atoms with Gasteiger partial charge in [0, 0.05) is 17.8 Å². The molecule has 0 N–H and O–H groups in total. The minimum absolute atomic E-state index is 0.176. The van der Waals surface area contributed by atoms with Crippen LogP contribution in [0.15, 0.2) is 48.5 Å². The van der Waals surface area contributed by atoms with Crippen LogP contribution in [0.4, 0.5) is 5.69 Å². The molecule has 23 heavy (non-hydrogen) atoms. The Balaban J connectivity index is 2.02. The van der Waals surface area contributed by atoms with Gasteiger partial charge < -0.3 is 14.4 Å². The molecular formula is C17H16ClNO4. The van der Waals surface area contributed by atoms with Gasteiger partial charge in [-0.15, -0.1) is 0 Å². The molecule has 0 saturated heterocycles. The number of para-hydroxylation sites is 1. The molecular weight excluding hydrogens is 318 g/mol. The zero-order valence-corrected chi connectivity index (χ0v) is 13.5. The van der Waals surface area contributed by atoms with Crippen molar-refractivity contribution in [1.29, 1.82) is 0 Å². The molecule has 0 fully saturated rings. The highest BCUT2D eigenvalue weighted by atomic mass is 35.5. The number of methoxy groups -OCH3 is 1. The van der Waals surface area contributed by atoms with Gasteiger partial charge in [0.15, 0.2) is 6.61 Å². The minimum Gasteiger partial charge on any atom is -0.496 e. The molecule has 6 heteroatoms. The number of esters is 1. The van der Waals surface area contributed by atoms with Gasteiger partial charge in [0.25, 0.3) is 5.91 Å². The predicted molar refractivity (Wildman–Crippen MR) is 88.1 cm³/mol. The lowest BCUT2D eigenvalue weighted by Gasteiger charge is -2.17. The first kappa shape index (κ1) is 16.8. The SMILES string of the molecule is COc1ccc(Cl)cc1C(=O)OCC(=O)N(C)c1ccccc1. The molecule has 0 atom stereocenters. The number of carbonyl (C=O) groups is 2. The van der Waals surface area contributed by atoms with Gasteiger partial charge in [-0.1, -0.05) is 29.8 Å². The van der Waals surface area contributed by atoms with E-state index in [9.17, 15) is 9.59 Å². The van der Waals surface area contributed by atoms with E-state index < -0.39 is 5.97 Å². The molecule has 0 spiro atoms. The predicted octanol–water partition coefficient (Wildman–Crippen LogP) is 3.17. The van der Waals surface area contributed by atoms with Crippen LogP contribution in [0, 0.1) is 0 Å². The molecule has 0 unspecified atom stereocenters. The minimum atomic E-state index is -0.667. The van der Waals surface area contributed by atoms with E-state index in [4.69, 9.17) is 21.1 Å². The molecule has 0 aliphatic carbocycles. The number of hydrogen-bond donors (Lipinski definition) is 0. The summed E-state index contributed by atoms with van der Waals surface area (Å²) in [6.07, 6.45) is 0. The molecule has 2 aromatic rings. The van der Waals surface area contributed by atoms with Gasteiger partial charge in [0.05, 0.1) is 7.11 Å². The third-order valence-electron chi connectivity index (χ3n) is 3.23. The quantitative estimate of drug-likeness (QED) is 0.789. The second-order valence-electron chi connectivity index (χ2n) is 4.71. The van der Waals surface area contributed by atoms with Crippen LogP contribution in [-0.4, -0.2) is 32.6 Å². The molecule has 0 aliphatic heterocycles. The molecule has 1 amide bonds. The van der Waals surface area contributed by atoms with E-state index in [1.165, 1.54) is 18.1 Å². The lowest BCUT2D eigenvalue weighted by molar-refractivity contribution is -0.121. The highest BCUT2D eigenvalue weighted by molar-refractivity contribution is 6.31. The van der Waals surface area contributed by atoms with Crippen molar-refractivity contribution >= 4 is 29.2 Å². The normalized spacial score (nSPS) is 10.0. The topological polar surface area (TPSA) is 55.8 Å². The lowest BCUT2D eigenvalue weighted by atomic mass is 10.2. The largest absolute Gasteiger partial charge is 0.496 e. The summed E-state index contributed by atoms with van der Waals surface area (Å²) >= 11 is 5.87. The first-order chi connectivity index (χ1) is 11.0. The molecule has 0 radical (unpaired) electrons. The maximum absolute atomic E-state index is 12.1. The van der Waals surface area contributed by atoms with Crippen molar-refractivity contribution in [2.75, 3.05) is 25.7 Å². The van der Waals surface area contributed by atoms with Gasteiger partial charge in [-0.3, -0.25) is 4.79 Å². The zero-order chi connectivity index (χ0) is 16.8. The molecule has 0 aliphatic rings. The first-order valence-corrected chi connectivity index (χ1v) is 7.23. The van der Waals surface area contributed by atoms with Crippen molar-refractivity contribution < 1.29 is 19.1 Å². The Morgan fingerprint density at radius 2 is 1.83 bits per heavy atom. The maximum Gasteiger partial charge on any atom is 0.342 e. The van der Waals surface area contributed by atoms with Gasteiger partial charge in [-0.05, 0) is 30.3 Å². The van der Waals surface area contributed by atoms with Crippen LogP contribution >= 0.6 is 11.6 Å². The average molecular weight is 334 g/mol. The number of halogens is 1. The Kier molecular flexibility index (Phi) is 5.60. The molecule has 5 nitrogen and oxygen atoms in total. The molecule has 2 rings (SSSR count). The standard InChI is InChI=1S/C17H16ClNO4/c1-19(13-6-4-3-5-7-13)16(20)11-23-17(21)14-10-12(18)8-9-15(14)22-2/h3-10H,11H2,1-2H3. The van der Waals surface area contributed by atoms with E-state index >= 15 is 0 Å². The Bertz CT molecular complexity index is 703. The maximum atomic E-state index is 12.1. The van der Waals surface area contributed by atoms with Crippen molar-refractivity contribution in [3.63, 3.8) is 0 Å². The van der Waals surface area contributed by atoms with Gasteiger partial charge in [0.1, 0.15) is 11.3 Å². The average Bonchev–Trinajstić information content (AvgIpc) is 2.59. The lowest BCUT2D eigenvalue weighted by Crippen LogP contribution is -2.31. The van der Waals surface area contributed by atoms with Crippen molar-refractivity contribution in [2.45, 2.75) is 0 Å². The van der Waals surface area contributed by atoms with Crippen LogP contribution in [0.1, 0.15) is 10.4 Å². The second kappa shape index (κ2) is 7.65. The molecule has 0 heterocycles. The van der Waals surface area contributed by atoms with Crippen LogP contribution in [-0.2, 0) is 9.53 Å². The number of nitrogens with zero attached hydrogens (tertiary/aromatic N) is 1. The summed E-state index contributed by atoms with van der Waals surface area (Å²) in [5, 5.41) is 0.380. The summed E-state index contributed by atoms with van der Waals surface area (Å²) in [5.41, 5.74) is 0.893. The van der Waals surface area contributed by atoms with E-state index in [1.54, 1.807) is 31.3 Å². The fourth-order valence-electron chi connectivity index (χ4n) is 1.94. The summed E-state index contributed by atoms with van der Waals surface area (Å²) < 4.78 is 10.2. The number of amides is 1. The molecule has 0 saturated carbocycles. The van der Waals surface area contributed by atoms with Crippen molar-refractivity contribution in [3.05, 3.63) is 59.1 Å². The molecule has 0 bridgehead atoms. The summed E-state index contributed by atoms with van der Waals surface area (Å²) in [5.74, 6) is -0.673. The van der Waals surface area contributed by atoms with Crippen molar-refractivity contribution in [3.8, 4) is 5.75 Å². The second-order valence-corrected chi connectivity index (χ2v) is 5.15. The Hall–Kier alpha value is -2.53. The Morgan fingerprint density at radius 1 is 1.13 bits per heavy atom. The Labute approximate surface area is 139 Å². The number of carbonyl (C=O) groups excluding carboxylic acids is 2. The highest BCUT2D eigenvalue weighted by Crippen LogP contribution is 2.23. The van der Waals surface area contributed by atoms with Gasteiger partial charge in [0.2, 0.25) is 0 Å². The summed E-state index contributed by atoms with van der Waals surface area (Å²) in [6.45, 7) is -0.375. The van der Waals surface area contributed by atoms with Gasteiger partial charge in [-0.25, -0.2) is 4.79 Å². The van der Waals surface area contributed by atoms with Crippen molar-refractivity contribution in [2.24, 2.45) is 0 Å². The van der Waals surface area contributed by atoms with E-state index in [1.807, 2.05) is 18.2 Å². The summed E-state index contributed by atoms with van der Waals surface area (Å²) in [4.78, 5) is 25.6. The number of benzene rings is 2. The third-order valence-corrected chi connectivity index (χ3v) is 3.46. The van der Waals surface area contributed by atoms with Gasteiger partial charge in [-0.2, -0.15) is 0 Å². The monoisotopic (exact) mass is 333 g/mol. The molecule has 0 aromatic heterocycles. The number of anilines is 1. The number of hydrogen-bond acceptors (Lipinski definition) is 4. The van der Waals surface area contributed by atoms with Gasteiger partial charge >= 0.3 is 5.97 Å². The van der Waals surface area contributed by atoms with Crippen LogP contribution < -0.4 is 9.64 Å².